The standard InChI is InChI=1S/C36H74NO7P/c1-6-7-8-9-10-11-12-13-14-15-16-17-19-22-25-28-31-41-33-36(44-35(2)38)34-43-45(39,40)42-32-29-26-23-20-18-21-24-27-30-37(3,4)5/h36H,6-34H2,1-5H3/p+1/t36-/m1/s1. The van der Waals surface area contributed by atoms with Crippen molar-refractivity contribution < 1.29 is 37.3 Å². The molecule has 45 heavy (non-hydrogen) atoms. The molecule has 0 aliphatic rings. The Labute approximate surface area is 278 Å². The number of unbranched alkanes of at least 4 members (excludes halogenated alkanes) is 22. The average Bonchev–Trinajstić information content (AvgIpc) is 2.97. The summed E-state index contributed by atoms with van der Waals surface area (Å²) in [4.78, 5) is 21.5. The third kappa shape index (κ3) is 36.2. The van der Waals surface area contributed by atoms with Crippen molar-refractivity contribution in [2.24, 2.45) is 0 Å². The van der Waals surface area contributed by atoms with Gasteiger partial charge in [-0.15, -0.1) is 0 Å². The first-order valence-corrected chi connectivity index (χ1v) is 20.2. The molecule has 0 aromatic rings. The molecule has 2 atom stereocenters. The van der Waals surface area contributed by atoms with Gasteiger partial charge in [-0.1, -0.05) is 135 Å². The Morgan fingerprint density at radius 3 is 1.42 bits per heavy atom. The van der Waals surface area contributed by atoms with Crippen molar-refractivity contribution in [3.63, 3.8) is 0 Å². The number of nitrogens with zero attached hydrogens (tertiary/aromatic N) is 1. The van der Waals surface area contributed by atoms with Crippen LogP contribution in [-0.2, 0) is 27.9 Å². The minimum absolute atomic E-state index is 0.133. The molecule has 0 heterocycles. The molecule has 1 N–H and O–H groups in total. The van der Waals surface area contributed by atoms with Gasteiger partial charge in [0, 0.05) is 13.5 Å². The molecule has 0 rings (SSSR count). The van der Waals surface area contributed by atoms with Crippen LogP contribution in [0.3, 0.4) is 0 Å². The van der Waals surface area contributed by atoms with Crippen molar-refractivity contribution in [1.82, 2.24) is 0 Å². The maximum Gasteiger partial charge on any atom is 0.472 e. The van der Waals surface area contributed by atoms with Crippen LogP contribution < -0.4 is 0 Å². The van der Waals surface area contributed by atoms with Crippen molar-refractivity contribution in [2.75, 3.05) is 54.1 Å². The Morgan fingerprint density at radius 1 is 0.600 bits per heavy atom. The summed E-state index contributed by atoms with van der Waals surface area (Å²) in [6.45, 7) is 5.44. The van der Waals surface area contributed by atoms with E-state index in [9.17, 15) is 14.3 Å². The van der Waals surface area contributed by atoms with E-state index in [4.69, 9.17) is 18.5 Å². The number of phosphoric acid groups is 1. The maximum absolute atomic E-state index is 12.3. The van der Waals surface area contributed by atoms with Crippen LogP contribution in [0.1, 0.15) is 168 Å². The number of carbonyl (C=O) groups excluding carboxylic acids is 1. The van der Waals surface area contributed by atoms with Gasteiger partial charge in [0.15, 0.2) is 0 Å². The van der Waals surface area contributed by atoms with Gasteiger partial charge in [-0.2, -0.15) is 0 Å². The van der Waals surface area contributed by atoms with Crippen molar-refractivity contribution in [1.29, 1.82) is 0 Å². The molecule has 0 aliphatic heterocycles. The predicted molar refractivity (Wildman–Crippen MR) is 187 cm³/mol. The minimum Gasteiger partial charge on any atom is -0.458 e. The Morgan fingerprint density at radius 2 is 1.00 bits per heavy atom. The van der Waals surface area contributed by atoms with E-state index < -0.39 is 19.9 Å². The van der Waals surface area contributed by atoms with Crippen molar-refractivity contribution in [3.05, 3.63) is 0 Å². The molecule has 0 amide bonds. The summed E-state index contributed by atoms with van der Waals surface area (Å²) in [5.74, 6) is -0.475. The zero-order valence-corrected chi connectivity index (χ0v) is 31.3. The summed E-state index contributed by atoms with van der Waals surface area (Å²) in [7, 11) is 2.49. The highest BCUT2D eigenvalue weighted by Gasteiger charge is 2.24. The largest absolute Gasteiger partial charge is 0.472 e. The molecule has 0 radical (unpaired) electrons. The summed E-state index contributed by atoms with van der Waals surface area (Å²) in [6.07, 6.45) is 29.4. The summed E-state index contributed by atoms with van der Waals surface area (Å²) < 4.78 is 34.5. The summed E-state index contributed by atoms with van der Waals surface area (Å²) in [5, 5.41) is 0. The lowest BCUT2D eigenvalue weighted by atomic mass is 10.0. The molecular formula is C36H75NO7P+. The number of hydrogen-bond donors (Lipinski definition) is 1. The number of esters is 1. The molecule has 0 saturated heterocycles. The Kier molecular flexibility index (Phi) is 30.5. The van der Waals surface area contributed by atoms with Crippen LogP contribution in [0.4, 0.5) is 0 Å². The van der Waals surface area contributed by atoms with Crippen LogP contribution in [0.15, 0.2) is 0 Å². The Balaban J connectivity index is 3.73. The third-order valence-corrected chi connectivity index (χ3v) is 9.16. The third-order valence-electron chi connectivity index (χ3n) is 8.18. The number of carbonyl (C=O) groups is 1. The number of hydrogen-bond acceptors (Lipinski definition) is 6. The van der Waals surface area contributed by atoms with E-state index in [1.807, 2.05) is 0 Å². The monoisotopic (exact) mass is 665 g/mol. The first-order valence-electron chi connectivity index (χ1n) is 18.7. The molecule has 1 unspecified atom stereocenters. The molecule has 0 aliphatic carbocycles. The normalized spacial score (nSPS) is 14.0. The van der Waals surface area contributed by atoms with Crippen LogP contribution in [-0.4, -0.2) is 75.6 Å². The molecule has 9 heteroatoms. The van der Waals surface area contributed by atoms with Crippen LogP contribution in [0.2, 0.25) is 0 Å². The molecular weight excluding hydrogens is 589 g/mol. The van der Waals surface area contributed by atoms with Gasteiger partial charge in [0.2, 0.25) is 0 Å². The number of phosphoric ester groups is 1. The number of rotatable bonds is 35. The highest BCUT2D eigenvalue weighted by atomic mass is 31.2. The van der Waals surface area contributed by atoms with E-state index in [1.54, 1.807) is 0 Å². The summed E-state index contributed by atoms with van der Waals surface area (Å²) >= 11 is 0. The minimum atomic E-state index is -4.20. The topological polar surface area (TPSA) is 91.3 Å². The van der Waals surface area contributed by atoms with Gasteiger partial charge in [0.25, 0.3) is 0 Å². The van der Waals surface area contributed by atoms with Gasteiger partial charge < -0.3 is 18.9 Å². The van der Waals surface area contributed by atoms with E-state index in [-0.39, 0.29) is 19.8 Å². The quantitative estimate of drug-likeness (QED) is 0.0312. The van der Waals surface area contributed by atoms with Crippen molar-refractivity contribution in [3.8, 4) is 0 Å². The first-order chi connectivity index (χ1) is 21.6. The lowest BCUT2D eigenvalue weighted by molar-refractivity contribution is -0.870. The SMILES string of the molecule is CCCCCCCCCCCCCCCCCCOC[C@H](COP(=O)(O)OCCCCCCCCCC[N+](C)(C)C)OC(C)=O. The second-order valence-electron chi connectivity index (χ2n) is 14.0. The summed E-state index contributed by atoms with van der Waals surface area (Å²) in [5.41, 5.74) is 0. The molecule has 0 aromatic heterocycles. The van der Waals surface area contributed by atoms with E-state index in [0.29, 0.717) is 13.0 Å². The zero-order valence-electron chi connectivity index (χ0n) is 30.4. The molecule has 0 saturated carbocycles. The van der Waals surface area contributed by atoms with Gasteiger partial charge in [0.05, 0.1) is 47.5 Å². The van der Waals surface area contributed by atoms with Crippen LogP contribution in [0, 0.1) is 0 Å². The molecule has 0 spiro atoms. The van der Waals surface area contributed by atoms with E-state index in [0.717, 1.165) is 30.2 Å². The van der Waals surface area contributed by atoms with Gasteiger partial charge in [-0.3, -0.25) is 13.8 Å². The van der Waals surface area contributed by atoms with Crippen molar-refractivity contribution in [2.45, 2.75) is 174 Å². The fourth-order valence-electron chi connectivity index (χ4n) is 5.46. The van der Waals surface area contributed by atoms with E-state index >= 15 is 0 Å². The van der Waals surface area contributed by atoms with Crippen LogP contribution in [0.25, 0.3) is 0 Å². The fourth-order valence-corrected chi connectivity index (χ4v) is 6.25. The second-order valence-corrected chi connectivity index (χ2v) is 15.5. The molecule has 0 fully saturated rings. The highest BCUT2D eigenvalue weighted by molar-refractivity contribution is 7.47. The fraction of sp³-hybridized carbons (Fsp3) is 0.972. The molecule has 270 valence electrons. The van der Waals surface area contributed by atoms with Gasteiger partial charge in [-0.05, 0) is 25.7 Å². The lowest BCUT2D eigenvalue weighted by Crippen LogP contribution is -2.35. The second kappa shape index (κ2) is 30.8. The molecule has 0 bridgehead atoms. The lowest BCUT2D eigenvalue weighted by Gasteiger charge is -2.23. The van der Waals surface area contributed by atoms with Gasteiger partial charge in [0.1, 0.15) is 6.10 Å². The van der Waals surface area contributed by atoms with Gasteiger partial charge in [-0.25, -0.2) is 4.57 Å². The number of quaternary nitrogens is 1. The van der Waals surface area contributed by atoms with E-state index in [1.165, 1.54) is 135 Å². The Bertz CT molecular complexity index is 701. The average molecular weight is 665 g/mol. The molecule has 8 nitrogen and oxygen atoms in total. The number of ether oxygens (including phenoxy) is 2. The van der Waals surface area contributed by atoms with Crippen molar-refractivity contribution >= 4 is 13.8 Å². The Hall–Kier alpha value is -0.500. The molecule has 0 aromatic carbocycles. The van der Waals surface area contributed by atoms with Gasteiger partial charge >= 0.3 is 13.8 Å². The van der Waals surface area contributed by atoms with Crippen LogP contribution >= 0.6 is 7.82 Å². The van der Waals surface area contributed by atoms with Crippen LogP contribution in [0.5, 0.6) is 0 Å². The predicted octanol–water partition coefficient (Wildman–Crippen LogP) is 10.2. The van der Waals surface area contributed by atoms with E-state index in [2.05, 4.69) is 28.1 Å². The summed E-state index contributed by atoms with van der Waals surface area (Å²) in [6, 6.07) is 0. The zero-order chi connectivity index (χ0) is 33.5. The smallest absolute Gasteiger partial charge is 0.458 e. The first kappa shape index (κ1) is 44.5. The maximum atomic E-state index is 12.3. The highest BCUT2D eigenvalue weighted by Crippen LogP contribution is 2.43.